The molecule has 0 aliphatic carbocycles. The molecule has 0 aliphatic rings. The summed E-state index contributed by atoms with van der Waals surface area (Å²) in [6, 6.07) is 4.85. The van der Waals surface area contributed by atoms with Gasteiger partial charge in [-0.15, -0.1) is 0 Å². The van der Waals surface area contributed by atoms with E-state index in [1.54, 1.807) is 18.2 Å². The number of pyridine rings is 1. The Morgan fingerprint density at radius 1 is 1.47 bits per heavy atom. The average Bonchev–Trinajstić information content (AvgIpc) is 2.16. The van der Waals surface area contributed by atoms with E-state index in [0.717, 1.165) is 7.05 Å². The minimum atomic E-state index is -4.83. The molecule has 0 bridgehead atoms. The molecule has 0 saturated carbocycles. The second kappa shape index (κ2) is 4.29. The first-order chi connectivity index (χ1) is 6.91. The van der Waals surface area contributed by atoms with Gasteiger partial charge in [0.05, 0.1) is 12.2 Å². The van der Waals surface area contributed by atoms with Crippen LogP contribution < -0.4 is 0 Å². The molecule has 0 aromatic carbocycles. The predicted molar refractivity (Wildman–Crippen MR) is 46.8 cm³/mol. The van der Waals surface area contributed by atoms with Gasteiger partial charge >= 0.3 is 12.1 Å². The standard InChI is InChI=1S/C9H9F3N2O/c1-14(8(15)9(10,11)12)6-7-4-2-3-5-13-7/h2-5H,6H2,1H3. The van der Waals surface area contributed by atoms with E-state index in [1.165, 1.54) is 6.20 Å². The Labute approximate surface area is 84.5 Å². The van der Waals surface area contributed by atoms with Crippen LogP contribution in [0, 0.1) is 0 Å². The third-order valence-corrected chi connectivity index (χ3v) is 1.71. The summed E-state index contributed by atoms with van der Waals surface area (Å²) in [5, 5.41) is 0. The smallest absolute Gasteiger partial charge is 0.332 e. The molecule has 0 N–H and O–H groups in total. The molecule has 1 aromatic heterocycles. The van der Waals surface area contributed by atoms with E-state index < -0.39 is 12.1 Å². The van der Waals surface area contributed by atoms with Gasteiger partial charge in [-0.3, -0.25) is 9.78 Å². The van der Waals surface area contributed by atoms with Crippen LogP contribution >= 0.6 is 0 Å². The topological polar surface area (TPSA) is 33.2 Å². The number of halogens is 3. The van der Waals surface area contributed by atoms with E-state index in [0.29, 0.717) is 10.6 Å². The maximum atomic E-state index is 12.0. The monoisotopic (exact) mass is 218 g/mol. The molecule has 1 amide bonds. The molecule has 1 heterocycles. The van der Waals surface area contributed by atoms with Gasteiger partial charge in [0, 0.05) is 13.2 Å². The highest BCUT2D eigenvalue weighted by atomic mass is 19.4. The van der Waals surface area contributed by atoms with Crippen molar-refractivity contribution in [3.05, 3.63) is 30.1 Å². The van der Waals surface area contributed by atoms with Crippen molar-refractivity contribution in [1.82, 2.24) is 9.88 Å². The summed E-state index contributed by atoms with van der Waals surface area (Å²) in [5.74, 6) is -1.87. The van der Waals surface area contributed by atoms with Crippen molar-refractivity contribution in [2.45, 2.75) is 12.7 Å². The first-order valence-corrected chi connectivity index (χ1v) is 4.13. The van der Waals surface area contributed by atoms with E-state index in [9.17, 15) is 18.0 Å². The lowest BCUT2D eigenvalue weighted by molar-refractivity contribution is -0.184. The van der Waals surface area contributed by atoms with Crippen molar-refractivity contribution in [2.75, 3.05) is 7.05 Å². The molecule has 82 valence electrons. The van der Waals surface area contributed by atoms with Crippen LogP contribution in [-0.4, -0.2) is 29.0 Å². The number of rotatable bonds is 2. The van der Waals surface area contributed by atoms with Gasteiger partial charge in [0.2, 0.25) is 0 Å². The zero-order valence-electron chi connectivity index (χ0n) is 7.95. The molecule has 0 fully saturated rings. The Morgan fingerprint density at radius 2 is 2.13 bits per heavy atom. The first-order valence-electron chi connectivity index (χ1n) is 4.13. The van der Waals surface area contributed by atoms with Crippen LogP contribution in [0.1, 0.15) is 5.69 Å². The molecule has 0 atom stereocenters. The lowest BCUT2D eigenvalue weighted by Crippen LogP contribution is -2.38. The molecular formula is C9H9F3N2O. The van der Waals surface area contributed by atoms with Crippen LogP contribution in [-0.2, 0) is 11.3 Å². The van der Waals surface area contributed by atoms with Crippen LogP contribution in [0.3, 0.4) is 0 Å². The van der Waals surface area contributed by atoms with E-state index in [4.69, 9.17) is 0 Å². The molecular weight excluding hydrogens is 209 g/mol. The predicted octanol–water partition coefficient (Wildman–Crippen LogP) is 1.60. The van der Waals surface area contributed by atoms with Crippen molar-refractivity contribution >= 4 is 5.91 Å². The number of carbonyl (C=O) groups excluding carboxylic acids is 1. The number of amides is 1. The summed E-state index contributed by atoms with van der Waals surface area (Å²) in [7, 11) is 1.09. The largest absolute Gasteiger partial charge is 0.471 e. The van der Waals surface area contributed by atoms with E-state index >= 15 is 0 Å². The number of alkyl halides is 3. The maximum Gasteiger partial charge on any atom is 0.471 e. The Morgan fingerprint density at radius 3 is 2.60 bits per heavy atom. The van der Waals surface area contributed by atoms with Gasteiger partial charge in [-0.2, -0.15) is 13.2 Å². The van der Waals surface area contributed by atoms with Gasteiger partial charge in [-0.25, -0.2) is 0 Å². The highest BCUT2D eigenvalue weighted by Crippen LogP contribution is 2.18. The van der Waals surface area contributed by atoms with Gasteiger partial charge < -0.3 is 4.90 Å². The summed E-state index contributed by atoms with van der Waals surface area (Å²) < 4.78 is 36.0. The highest BCUT2D eigenvalue weighted by Gasteiger charge is 2.41. The summed E-state index contributed by atoms with van der Waals surface area (Å²) in [4.78, 5) is 15.1. The second-order valence-electron chi connectivity index (χ2n) is 2.98. The van der Waals surface area contributed by atoms with Crippen molar-refractivity contribution in [1.29, 1.82) is 0 Å². The van der Waals surface area contributed by atoms with Crippen LogP contribution in [0.5, 0.6) is 0 Å². The zero-order chi connectivity index (χ0) is 11.5. The third-order valence-electron chi connectivity index (χ3n) is 1.71. The third kappa shape index (κ3) is 3.23. The van der Waals surface area contributed by atoms with Gasteiger partial charge in [0.15, 0.2) is 0 Å². The molecule has 15 heavy (non-hydrogen) atoms. The van der Waals surface area contributed by atoms with E-state index in [-0.39, 0.29) is 6.54 Å². The fourth-order valence-electron chi connectivity index (χ4n) is 1.02. The maximum absolute atomic E-state index is 12.0. The van der Waals surface area contributed by atoms with Crippen LogP contribution in [0.2, 0.25) is 0 Å². The Kier molecular flexibility index (Phi) is 3.28. The second-order valence-corrected chi connectivity index (χ2v) is 2.98. The lowest BCUT2D eigenvalue weighted by atomic mass is 10.3. The lowest BCUT2D eigenvalue weighted by Gasteiger charge is -2.17. The molecule has 0 aliphatic heterocycles. The Bertz CT molecular complexity index is 337. The fraction of sp³-hybridized carbons (Fsp3) is 0.333. The Balaban J connectivity index is 2.65. The van der Waals surface area contributed by atoms with Crippen molar-refractivity contribution in [3.63, 3.8) is 0 Å². The number of hydrogen-bond acceptors (Lipinski definition) is 2. The molecule has 1 rings (SSSR count). The molecule has 0 unspecified atom stereocenters. The molecule has 6 heteroatoms. The van der Waals surface area contributed by atoms with Gasteiger partial charge in [0.25, 0.3) is 0 Å². The van der Waals surface area contributed by atoms with Crippen LogP contribution in [0.15, 0.2) is 24.4 Å². The van der Waals surface area contributed by atoms with Crippen molar-refractivity contribution in [3.8, 4) is 0 Å². The van der Waals surface area contributed by atoms with Crippen LogP contribution in [0.4, 0.5) is 13.2 Å². The van der Waals surface area contributed by atoms with Gasteiger partial charge in [-0.05, 0) is 12.1 Å². The SMILES string of the molecule is CN(Cc1ccccn1)C(=O)C(F)(F)F. The van der Waals surface area contributed by atoms with Gasteiger partial charge in [0.1, 0.15) is 0 Å². The molecule has 3 nitrogen and oxygen atoms in total. The summed E-state index contributed by atoms with van der Waals surface area (Å²) in [5.41, 5.74) is 0.414. The molecule has 1 aromatic rings. The Hall–Kier alpha value is -1.59. The quantitative estimate of drug-likeness (QED) is 0.755. The van der Waals surface area contributed by atoms with E-state index in [2.05, 4.69) is 4.98 Å². The minimum Gasteiger partial charge on any atom is -0.332 e. The van der Waals surface area contributed by atoms with Gasteiger partial charge in [-0.1, -0.05) is 6.07 Å². The number of carbonyl (C=O) groups is 1. The van der Waals surface area contributed by atoms with Crippen molar-refractivity contribution < 1.29 is 18.0 Å². The fourth-order valence-corrected chi connectivity index (χ4v) is 1.02. The van der Waals surface area contributed by atoms with Crippen molar-refractivity contribution in [2.24, 2.45) is 0 Å². The number of hydrogen-bond donors (Lipinski definition) is 0. The summed E-state index contributed by atoms with van der Waals surface area (Å²) in [6.07, 6.45) is -3.37. The normalized spacial score (nSPS) is 11.2. The molecule has 0 spiro atoms. The summed E-state index contributed by atoms with van der Waals surface area (Å²) in [6.45, 7) is -0.154. The minimum absolute atomic E-state index is 0.154. The van der Waals surface area contributed by atoms with Crippen LogP contribution in [0.25, 0.3) is 0 Å². The zero-order valence-corrected chi connectivity index (χ0v) is 7.95. The average molecular weight is 218 g/mol. The number of nitrogens with zero attached hydrogens (tertiary/aromatic N) is 2. The summed E-state index contributed by atoms with van der Waals surface area (Å²) >= 11 is 0. The number of aromatic nitrogens is 1. The molecule has 0 saturated heterocycles. The first kappa shape index (κ1) is 11.5. The molecule has 0 radical (unpaired) electrons. The van der Waals surface area contributed by atoms with E-state index in [1.807, 2.05) is 0 Å². The highest BCUT2D eigenvalue weighted by molar-refractivity contribution is 5.81.